The lowest BCUT2D eigenvalue weighted by molar-refractivity contribution is -0.115. The number of hydrogen-bond acceptors (Lipinski definition) is 3. The van der Waals surface area contributed by atoms with Crippen molar-refractivity contribution < 1.29 is 9.53 Å². The molecule has 0 aliphatic carbocycles. The summed E-state index contributed by atoms with van der Waals surface area (Å²) in [4.78, 5) is 14.3. The molecule has 1 aliphatic rings. The molecule has 7 heteroatoms. The van der Waals surface area contributed by atoms with Crippen molar-refractivity contribution in [2.45, 2.75) is 5.37 Å². The molecule has 2 aromatic rings. The largest absolute Gasteiger partial charge is 0.488 e. The van der Waals surface area contributed by atoms with Crippen LogP contribution in [0.25, 0.3) is 0 Å². The van der Waals surface area contributed by atoms with E-state index in [4.69, 9.17) is 16.3 Å². The second-order valence-electron chi connectivity index (χ2n) is 5.31. The molecule has 1 heterocycles. The molecule has 1 fully saturated rings. The average molecular weight is 504 g/mol. The molecule has 1 aliphatic heterocycles. The molecule has 0 N–H and O–H groups in total. The van der Waals surface area contributed by atoms with E-state index in [0.29, 0.717) is 23.1 Å². The van der Waals surface area contributed by atoms with Gasteiger partial charge in [-0.25, -0.2) is 0 Å². The third-order valence-electron chi connectivity index (χ3n) is 3.62. The van der Waals surface area contributed by atoms with E-state index >= 15 is 0 Å². The van der Waals surface area contributed by atoms with Gasteiger partial charge in [-0.15, -0.1) is 11.8 Å². The van der Waals surface area contributed by atoms with Crippen molar-refractivity contribution >= 4 is 66.8 Å². The molecule has 0 bridgehead atoms. The molecule has 130 valence electrons. The van der Waals surface area contributed by atoms with Crippen LogP contribution in [0.3, 0.4) is 0 Å². The van der Waals surface area contributed by atoms with Gasteiger partial charge in [-0.2, -0.15) is 0 Å². The van der Waals surface area contributed by atoms with Crippen molar-refractivity contribution in [3.05, 3.63) is 68.6 Å². The third kappa shape index (κ3) is 4.08. The Morgan fingerprint density at radius 3 is 2.72 bits per heavy atom. The van der Waals surface area contributed by atoms with E-state index in [0.717, 1.165) is 20.2 Å². The molecule has 25 heavy (non-hydrogen) atoms. The zero-order valence-electron chi connectivity index (χ0n) is 13.0. The summed E-state index contributed by atoms with van der Waals surface area (Å²) in [6, 6.07) is 11.2. The van der Waals surface area contributed by atoms with Crippen LogP contribution in [-0.4, -0.2) is 18.3 Å². The molecule has 0 saturated carbocycles. The van der Waals surface area contributed by atoms with Gasteiger partial charge < -0.3 is 4.74 Å². The number of benzene rings is 2. The summed E-state index contributed by atoms with van der Waals surface area (Å²) in [6.07, 6.45) is 1.70. The van der Waals surface area contributed by atoms with Gasteiger partial charge in [0.2, 0.25) is 5.91 Å². The van der Waals surface area contributed by atoms with E-state index in [-0.39, 0.29) is 11.3 Å². The summed E-state index contributed by atoms with van der Waals surface area (Å²) in [5.74, 6) is 1.19. The highest BCUT2D eigenvalue weighted by molar-refractivity contribution is 9.11. The summed E-state index contributed by atoms with van der Waals surface area (Å²) >= 11 is 14.6. The van der Waals surface area contributed by atoms with Gasteiger partial charge in [0.1, 0.15) is 17.7 Å². The highest BCUT2D eigenvalue weighted by Crippen LogP contribution is 2.47. The van der Waals surface area contributed by atoms with Crippen LogP contribution in [0.5, 0.6) is 5.75 Å². The van der Waals surface area contributed by atoms with Crippen LogP contribution in [0.4, 0.5) is 5.69 Å². The first kappa shape index (κ1) is 18.8. The number of halogens is 3. The van der Waals surface area contributed by atoms with Crippen LogP contribution < -0.4 is 9.64 Å². The second-order valence-corrected chi connectivity index (χ2v) is 8.58. The SMILES string of the molecule is C=CCOc1c(Br)cc(Br)cc1[C@@H]1SCC(=O)N1c1ccc(Cl)cc1. The lowest BCUT2D eigenvalue weighted by atomic mass is 10.1. The fourth-order valence-electron chi connectivity index (χ4n) is 2.59. The van der Waals surface area contributed by atoms with E-state index in [1.54, 1.807) is 34.9 Å². The van der Waals surface area contributed by atoms with Crippen molar-refractivity contribution in [2.75, 3.05) is 17.3 Å². The molecular weight excluding hydrogens is 490 g/mol. The van der Waals surface area contributed by atoms with Crippen molar-refractivity contribution in [3.8, 4) is 5.75 Å². The van der Waals surface area contributed by atoms with Crippen molar-refractivity contribution in [1.82, 2.24) is 0 Å². The minimum Gasteiger partial charge on any atom is -0.488 e. The summed E-state index contributed by atoms with van der Waals surface area (Å²) in [7, 11) is 0. The van der Waals surface area contributed by atoms with Crippen molar-refractivity contribution in [3.63, 3.8) is 0 Å². The first-order valence-corrected chi connectivity index (χ1v) is 10.4. The number of nitrogens with zero attached hydrogens (tertiary/aromatic N) is 1. The molecule has 0 aromatic heterocycles. The Labute approximate surface area is 172 Å². The lowest BCUT2D eigenvalue weighted by Crippen LogP contribution is -2.28. The fourth-order valence-corrected chi connectivity index (χ4v) is 5.27. The minimum atomic E-state index is -0.178. The first-order chi connectivity index (χ1) is 12.0. The average Bonchev–Trinajstić information content (AvgIpc) is 2.96. The van der Waals surface area contributed by atoms with Gasteiger partial charge in [0.15, 0.2) is 0 Å². The summed E-state index contributed by atoms with van der Waals surface area (Å²) in [6.45, 7) is 4.09. The van der Waals surface area contributed by atoms with Crippen LogP contribution >= 0.6 is 55.2 Å². The standard InChI is InChI=1S/C18H14Br2ClNO2S/c1-2-7-24-17-14(8-11(19)9-15(17)20)18-22(16(23)10-25-18)13-5-3-12(21)4-6-13/h2-6,8-9,18H,1,7,10H2/t18-/m0/s1. The van der Waals surface area contributed by atoms with Gasteiger partial charge in [0, 0.05) is 20.7 Å². The zero-order chi connectivity index (χ0) is 18.0. The number of rotatable bonds is 5. The third-order valence-corrected chi connectivity index (χ3v) is 6.11. The summed E-state index contributed by atoms with van der Waals surface area (Å²) < 4.78 is 7.61. The highest BCUT2D eigenvalue weighted by atomic mass is 79.9. The summed E-state index contributed by atoms with van der Waals surface area (Å²) in [5.41, 5.74) is 1.74. The van der Waals surface area contributed by atoms with Crippen molar-refractivity contribution in [2.24, 2.45) is 0 Å². The van der Waals surface area contributed by atoms with Gasteiger partial charge in [-0.05, 0) is 52.3 Å². The van der Waals surface area contributed by atoms with Crippen molar-refractivity contribution in [1.29, 1.82) is 0 Å². The number of carbonyl (C=O) groups excluding carboxylic acids is 1. The van der Waals surface area contributed by atoms with E-state index in [2.05, 4.69) is 38.4 Å². The van der Waals surface area contributed by atoms with Crippen LogP contribution in [0, 0.1) is 0 Å². The van der Waals surface area contributed by atoms with E-state index < -0.39 is 0 Å². The predicted octanol–water partition coefficient (Wildman–Crippen LogP) is 6.21. The second kappa shape index (κ2) is 8.16. The Hall–Kier alpha value is -0.950. The van der Waals surface area contributed by atoms with E-state index in [1.165, 1.54) is 0 Å². The predicted molar refractivity (Wildman–Crippen MR) is 112 cm³/mol. The highest BCUT2D eigenvalue weighted by Gasteiger charge is 2.36. The van der Waals surface area contributed by atoms with Crippen LogP contribution in [0.2, 0.25) is 5.02 Å². The van der Waals surface area contributed by atoms with Gasteiger partial charge in [0.25, 0.3) is 0 Å². The molecule has 0 radical (unpaired) electrons. The quantitative estimate of drug-likeness (QED) is 0.455. The Kier molecular flexibility index (Phi) is 6.15. The van der Waals surface area contributed by atoms with Gasteiger partial charge in [-0.1, -0.05) is 40.2 Å². The molecule has 1 atom stereocenters. The molecule has 3 rings (SSSR count). The molecule has 3 nitrogen and oxygen atoms in total. The maximum atomic E-state index is 12.5. The number of thioether (sulfide) groups is 1. The van der Waals surface area contributed by atoms with Gasteiger partial charge in [-0.3, -0.25) is 9.69 Å². The topological polar surface area (TPSA) is 29.5 Å². The molecule has 0 spiro atoms. The fraction of sp³-hybridized carbons (Fsp3) is 0.167. The maximum absolute atomic E-state index is 12.5. The Balaban J connectivity index is 2.06. The smallest absolute Gasteiger partial charge is 0.238 e. The van der Waals surface area contributed by atoms with Gasteiger partial charge in [0.05, 0.1) is 10.2 Å². The normalized spacial score (nSPS) is 17.0. The Bertz CT molecular complexity index is 813. The number of amides is 1. The van der Waals surface area contributed by atoms with E-state index in [1.807, 2.05) is 24.3 Å². The minimum absolute atomic E-state index is 0.0584. The Morgan fingerprint density at radius 1 is 1.32 bits per heavy atom. The first-order valence-electron chi connectivity index (χ1n) is 7.43. The maximum Gasteiger partial charge on any atom is 0.238 e. The molecule has 2 aromatic carbocycles. The van der Waals surface area contributed by atoms with Gasteiger partial charge >= 0.3 is 0 Å². The summed E-state index contributed by atoms with van der Waals surface area (Å²) in [5, 5.41) is 0.460. The molecule has 1 amide bonds. The lowest BCUT2D eigenvalue weighted by Gasteiger charge is -2.26. The van der Waals surface area contributed by atoms with Crippen LogP contribution in [0.15, 0.2) is 58.0 Å². The van der Waals surface area contributed by atoms with Crippen LogP contribution in [0.1, 0.15) is 10.9 Å². The van der Waals surface area contributed by atoms with E-state index in [9.17, 15) is 4.79 Å². The molecular formula is C18H14Br2ClNO2S. The zero-order valence-corrected chi connectivity index (χ0v) is 17.8. The number of ether oxygens (including phenoxy) is 1. The Morgan fingerprint density at radius 2 is 2.04 bits per heavy atom. The van der Waals surface area contributed by atoms with Crippen LogP contribution in [-0.2, 0) is 4.79 Å². The number of hydrogen-bond donors (Lipinski definition) is 0. The molecule has 1 saturated heterocycles. The monoisotopic (exact) mass is 501 g/mol. The molecule has 0 unspecified atom stereocenters. The number of carbonyl (C=O) groups is 1. The number of anilines is 1.